The Kier molecular flexibility index (Phi) is 4.14. The second-order valence-corrected chi connectivity index (χ2v) is 4.96. The van der Waals surface area contributed by atoms with Crippen LogP contribution >= 0.6 is 0 Å². The van der Waals surface area contributed by atoms with Gasteiger partial charge in [0, 0.05) is 13.1 Å². The van der Waals surface area contributed by atoms with Gasteiger partial charge in [0.1, 0.15) is 0 Å². The summed E-state index contributed by atoms with van der Waals surface area (Å²) < 4.78 is 6.41. The number of esters is 1. The first-order valence-corrected chi connectivity index (χ1v) is 6.44. The van der Waals surface area contributed by atoms with Crippen LogP contribution < -0.4 is 5.56 Å². The molecule has 0 aliphatic heterocycles. The van der Waals surface area contributed by atoms with Crippen molar-refractivity contribution in [2.45, 2.75) is 19.8 Å². The molecule has 0 bridgehead atoms. The molecule has 1 aliphatic rings. The van der Waals surface area contributed by atoms with Crippen LogP contribution in [0.3, 0.4) is 0 Å². The quantitative estimate of drug-likeness (QED) is 0.612. The van der Waals surface area contributed by atoms with Crippen LogP contribution in [-0.2, 0) is 11.8 Å². The number of ether oxygens (including phenoxy) is 1. The summed E-state index contributed by atoms with van der Waals surface area (Å²) in [5, 5.41) is 3.87. The third kappa shape index (κ3) is 3.30. The van der Waals surface area contributed by atoms with Gasteiger partial charge in [0.2, 0.25) is 0 Å². The normalized spacial score (nSPS) is 22.2. The Labute approximate surface area is 111 Å². The second-order valence-electron chi connectivity index (χ2n) is 4.96. The summed E-state index contributed by atoms with van der Waals surface area (Å²) in [6, 6.07) is 2.71. The molecule has 0 amide bonds. The molecule has 2 atom stereocenters. The van der Waals surface area contributed by atoms with E-state index in [1.165, 1.54) is 19.2 Å². The highest BCUT2D eigenvalue weighted by atomic mass is 16.5. The van der Waals surface area contributed by atoms with Crippen molar-refractivity contribution in [1.82, 2.24) is 9.78 Å². The highest BCUT2D eigenvalue weighted by molar-refractivity contribution is 5.86. The molecule has 5 nitrogen and oxygen atoms in total. The van der Waals surface area contributed by atoms with Gasteiger partial charge in [0.25, 0.3) is 5.56 Å². The number of carbonyl (C=O) groups is 1. The average Bonchev–Trinajstić information content (AvgIpc) is 2.40. The summed E-state index contributed by atoms with van der Waals surface area (Å²) in [6.45, 7) is 2.56. The average molecular weight is 262 g/mol. The highest BCUT2D eigenvalue weighted by Gasteiger charge is 2.20. The van der Waals surface area contributed by atoms with Gasteiger partial charge in [-0.05, 0) is 30.7 Å². The van der Waals surface area contributed by atoms with Crippen LogP contribution in [0.5, 0.6) is 0 Å². The highest BCUT2D eigenvalue weighted by Crippen LogP contribution is 2.25. The first-order valence-electron chi connectivity index (χ1n) is 6.44. The molecule has 0 fully saturated rings. The number of nitrogens with zero attached hydrogens (tertiary/aromatic N) is 2. The number of hydrogen-bond acceptors (Lipinski definition) is 4. The molecule has 0 N–H and O–H groups in total. The van der Waals surface area contributed by atoms with Crippen molar-refractivity contribution < 1.29 is 9.53 Å². The molecule has 1 aliphatic carbocycles. The van der Waals surface area contributed by atoms with E-state index >= 15 is 0 Å². The lowest BCUT2D eigenvalue weighted by atomic mass is 9.85. The summed E-state index contributed by atoms with van der Waals surface area (Å²) >= 11 is 0. The van der Waals surface area contributed by atoms with Gasteiger partial charge in [-0.15, -0.1) is 0 Å². The zero-order chi connectivity index (χ0) is 13.8. The molecule has 0 saturated carbocycles. The van der Waals surface area contributed by atoms with E-state index in [0.29, 0.717) is 18.4 Å². The Balaban J connectivity index is 1.95. The van der Waals surface area contributed by atoms with E-state index < -0.39 is 5.97 Å². The smallest absolute Gasteiger partial charge is 0.358 e. The Morgan fingerprint density at radius 1 is 1.42 bits per heavy atom. The Morgan fingerprint density at radius 2 is 2.16 bits per heavy atom. The minimum atomic E-state index is -0.475. The van der Waals surface area contributed by atoms with E-state index in [4.69, 9.17) is 4.74 Å². The van der Waals surface area contributed by atoms with Crippen molar-refractivity contribution in [3.8, 4) is 0 Å². The molecule has 0 saturated heterocycles. The predicted molar refractivity (Wildman–Crippen MR) is 70.8 cm³/mol. The molecule has 0 unspecified atom stereocenters. The third-order valence-electron chi connectivity index (χ3n) is 3.52. The molecule has 102 valence electrons. The maximum Gasteiger partial charge on any atom is 0.358 e. The van der Waals surface area contributed by atoms with Crippen molar-refractivity contribution in [1.29, 1.82) is 0 Å². The number of aromatic nitrogens is 2. The van der Waals surface area contributed by atoms with Gasteiger partial charge in [-0.1, -0.05) is 19.1 Å². The zero-order valence-electron chi connectivity index (χ0n) is 11.2. The van der Waals surface area contributed by atoms with Gasteiger partial charge in [-0.2, -0.15) is 5.10 Å². The molecule has 19 heavy (non-hydrogen) atoms. The van der Waals surface area contributed by atoms with Crippen LogP contribution in [0.25, 0.3) is 0 Å². The monoisotopic (exact) mass is 262 g/mol. The minimum Gasteiger partial charge on any atom is -0.461 e. The number of aryl methyl sites for hydroxylation is 1. The fourth-order valence-corrected chi connectivity index (χ4v) is 2.11. The number of rotatable bonds is 3. The molecule has 1 aromatic rings. The van der Waals surface area contributed by atoms with Crippen LogP contribution in [0.1, 0.15) is 30.3 Å². The first kappa shape index (κ1) is 13.5. The van der Waals surface area contributed by atoms with Crippen LogP contribution in [0.4, 0.5) is 0 Å². The molecular formula is C14H18N2O3. The number of carbonyl (C=O) groups excluding carboxylic acids is 1. The molecule has 0 aromatic carbocycles. The van der Waals surface area contributed by atoms with Crippen molar-refractivity contribution in [2.75, 3.05) is 6.61 Å². The van der Waals surface area contributed by atoms with Crippen molar-refractivity contribution in [2.24, 2.45) is 18.9 Å². The van der Waals surface area contributed by atoms with Crippen LogP contribution in [-0.4, -0.2) is 22.4 Å². The standard InChI is InChI=1S/C14H18N2O3/c1-10-5-3-4-6-11(10)9-19-14(18)12-7-8-13(17)16(2)15-12/h3-4,7-8,10-11H,5-6,9H2,1-2H3/t10-,11+/m1/s1. The predicted octanol–water partition coefficient (Wildman–Crippen LogP) is 1.54. The molecular weight excluding hydrogens is 244 g/mol. The van der Waals surface area contributed by atoms with E-state index in [0.717, 1.165) is 17.5 Å². The molecule has 1 heterocycles. The summed E-state index contributed by atoms with van der Waals surface area (Å²) in [6.07, 6.45) is 6.26. The van der Waals surface area contributed by atoms with Gasteiger partial charge in [-0.3, -0.25) is 4.79 Å². The number of allylic oxidation sites excluding steroid dienone is 2. The maximum atomic E-state index is 11.8. The van der Waals surface area contributed by atoms with Crippen molar-refractivity contribution >= 4 is 5.97 Å². The Morgan fingerprint density at radius 3 is 2.84 bits per heavy atom. The molecule has 5 heteroatoms. The SMILES string of the molecule is C[C@@H]1CC=CC[C@H]1COC(=O)c1ccc(=O)n(C)n1. The zero-order valence-corrected chi connectivity index (χ0v) is 11.2. The summed E-state index contributed by atoms with van der Waals surface area (Å²) in [5.41, 5.74) is -0.0799. The van der Waals surface area contributed by atoms with Gasteiger partial charge in [-0.25, -0.2) is 9.48 Å². The maximum absolute atomic E-state index is 11.8. The lowest BCUT2D eigenvalue weighted by Crippen LogP contribution is -2.24. The van der Waals surface area contributed by atoms with Crippen molar-refractivity contribution in [3.05, 3.63) is 40.3 Å². The third-order valence-corrected chi connectivity index (χ3v) is 3.52. The molecule has 1 aromatic heterocycles. The van der Waals surface area contributed by atoms with E-state index in [1.807, 2.05) is 0 Å². The molecule has 2 rings (SSSR count). The Hall–Kier alpha value is -1.91. The van der Waals surface area contributed by atoms with Crippen LogP contribution in [0.2, 0.25) is 0 Å². The van der Waals surface area contributed by atoms with Gasteiger partial charge < -0.3 is 4.74 Å². The van der Waals surface area contributed by atoms with E-state index in [2.05, 4.69) is 24.2 Å². The number of hydrogen-bond donors (Lipinski definition) is 0. The van der Waals surface area contributed by atoms with Gasteiger partial charge in [0.05, 0.1) is 6.61 Å². The van der Waals surface area contributed by atoms with Crippen LogP contribution in [0.15, 0.2) is 29.1 Å². The lowest BCUT2D eigenvalue weighted by molar-refractivity contribution is 0.0386. The lowest BCUT2D eigenvalue weighted by Gasteiger charge is -2.24. The fraction of sp³-hybridized carbons (Fsp3) is 0.500. The van der Waals surface area contributed by atoms with Gasteiger partial charge >= 0.3 is 5.97 Å². The topological polar surface area (TPSA) is 61.2 Å². The minimum absolute atomic E-state index is 0.168. The largest absolute Gasteiger partial charge is 0.461 e. The summed E-state index contributed by atoms with van der Waals surface area (Å²) in [7, 11) is 1.51. The van der Waals surface area contributed by atoms with Gasteiger partial charge in [0.15, 0.2) is 5.69 Å². The summed E-state index contributed by atoms with van der Waals surface area (Å²) in [4.78, 5) is 23.0. The van der Waals surface area contributed by atoms with Crippen molar-refractivity contribution in [3.63, 3.8) is 0 Å². The fourth-order valence-electron chi connectivity index (χ4n) is 2.11. The first-order chi connectivity index (χ1) is 9.08. The van der Waals surface area contributed by atoms with E-state index in [9.17, 15) is 9.59 Å². The van der Waals surface area contributed by atoms with Crippen LogP contribution in [0, 0.1) is 11.8 Å². The Bertz CT molecular complexity index is 548. The van der Waals surface area contributed by atoms with E-state index in [-0.39, 0.29) is 11.3 Å². The second kappa shape index (κ2) is 5.82. The van der Waals surface area contributed by atoms with E-state index in [1.54, 1.807) is 0 Å². The molecule has 0 spiro atoms. The molecule has 0 radical (unpaired) electrons. The summed E-state index contributed by atoms with van der Waals surface area (Å²) in [5.74, 6) is 0.407.